The molecule has 0 fully saturated rings. The minimum absolute atomic E-state index is 0.0960. The Balaban J connectivity index is 1.41. The van der Waals surface area contributed by atoms with E-state index < -0.39 is 23.8 Å². The van der Waals surface area contributed by atoms with Gasteiger partial charge in [0.1, 0.15) is 11.5 Å². The van der Waals surface area contributed by atoms with Crippen molar-refractivity contribution in [2.45, 2.75) is 32.0 Å². The van der Waals surface area contributed by atoms with Gasteiger partial charge < -0.3 is 19.9 Å². The van der Waals surface area contributed by atoms with Crippen LogP contribution in [0.15, 0.2) is 66.7 Å². The van der Waals surface area contributed by atoms with Crippen LogP contribution in [0.5, 0.6) is 11.5 Å². The molecule has 0 atom stereocenters. The lowest BCUT2D eigenvalue weighted by Gasteiger charge is -2.16. The molecule has 2 N–H and O–H groups in total. The highest BCUT2D eigenvalue weighted by atomic mass is 19.4. The number of aliphatic carboxylic acids is 1. The average Bonchev–Trinajstić information content (AvgIpc) is 3.24. The molecule has 0 unspecified atom stereocenters. The molecule has 36 heavy (non-hydrogen) atoms. The van der Waals surface area contributed by atoms with Crippen molar-refractivity contribution in [3.63, 3.8) is 0 Å². The Morgan fingerprint density at radius 1 is 0.972 bits per heavy atom. The van der Waals surface area contributed by atoms with Crippen LogP contribution in [0.1, 0.15) is 27.8 Å². The van der Waals surface area contributed by atoms with E-state index in [2.05, 4.69) is 5.32 Å². The van der Waals surface area contributed by atoms with Gasteiger partial charge in [-0.3, -0.25) is 4.79 Å². The zero-order valence-corrected chi connectivity index (χ0v) is 19.2. The van der Waals surface area contributed by atoms with Gasteiger partial charge in [-0.2, -0.15) is 13.2 Å². The molecule has 9 heteroatoms. The number of alkyl carbamates (subject to hydrolysis) is 1. The predicted octanol–water partition coefficient (Wildman–Crippen LogP) is 5.77. The molecule has 0 bridgehead atoms. The lowest BCUT2D eigenvalue weighted by atomic mass is 10.1. The maximum Gasteiger partial charge on any atom is 0.416 e. The van der Waals surface area contributed by atoms with E-state index in [9.17, 15) is 22.8 Å². The zero-order valence-electron chi connectivity index (χ0n) is 19.2. The second-order valence-corrected chi connectivity index (χ2v) is 8.64. The Kier molecular flexibility index (Phi) is 7.47. The van der Waals surface area contributed by atoms with E-state index in [1.807, 2.05) is 24.3 Å². The highest BCUT2D eigenvalue weighted by Gasteiger charge is 2.31. The summed E-state index contributed by atoms with van der Waals surface area (Å²) >= 11 is 0. The topological polar surface area (TPSA) is 84.9 Å². The van der Waals surface area contributed by atoms with Gasteiger partial charge in [-0.15, -0.1) is 0 Å². The molecular formula is C27H24F3NO5. The van der Waals surface area contributed by atoms with E-state index in [4.69, 9.17) is 14.6 Å². The van der Waals surface area contributed by atoms with Crippen LogP contribution in [0, 0.1) is 5.92 Å². The van der Waals surface area contributed by atoms with Gasteiger partial charge in [0.25, 0.3) is 0 Å². The Hall–Kier alpha value is -4.01. The summed E-state index contributed by atoms with van der Waals surface area (Å²) in [6.45, 7) is -0.0549. The lowest BCUT2D eigenvalue weighted by Crippen LogP contribution is -2.26. The molecular weight excluding hydrogens is 475 g/mol. The second-order valence-electron chi connectivity index (χ2n) is 8.64. The summed E-state index contributed by atoms with van der Waals surface area (Å²) in [5.74, 6) is -0.509. The first-order valence-corrected chi connectivity index (χ1v) is 11.3. The second kappa shape index (κ2) is 10.7. The van der Waals surface area contributed by atoms with Gasteiger partial charge in [-0.1, -0.05) is 36.4 Å². The summed E-state index contributed by atoms with van der Waals surface area (Å²) < 4.78 is 51.0. The van der Waals surface area contributed by atoms with Crippen LogP contribution in [0.25, 0.3) is 0 Å². The normalized spacial score (nSPS) is 13.2. The first-order chi connectivity index (χ1) is 17.2. The summed E-state index contributed by atoms with van der Waals surface area (Å²) in [7, 11) is 0. The fourth-order valence-electron chi connectivity index (χ4n) is 4.19. The van der Waals surface area contributed by atoms with Crippen LogP contribution in [0.2, 0.25) is 0 Å². The number of fused-ring (bicyclic) bond motifs is 1. The van der Waals surface area contributed by atoms with Crippen molar-refractivity contribution in [2.24, 2.45) is 5.92 Å². The summed E-state index contributed by atoms with van der Waals surface area (Å²) in [5.41, 5.74) is 2.14. The Bertz CT molecular complexity index is 1230. The minimum Gasteiger partial charge on any atom is -0.481 e. The third-order valence-electron chi connectivity index (χ3n) is 5.88. The predicted molar refractivity (Wildman–Crippen MR) is 125 cm³/mol. The van der Waals surface area contributed by atoms with Gasteiger partial charge in [0.2, 0.25) is 0 Å². The Morgan fingerprint density at radius 2 is 1.69 bits per heavy atom. The number of rotatable bonds is 8. The number of carbonyl (C=O) groups is 2. The average molecular weight is 499 g/mol. The fraction of sp³-hybridized carbons (Fsp3) is 0.259. The van der Waals surface area contributed by atoms with Crippen LogP contribution in [-0.4, -0.2) is 23.8 Å². The highest BCUT2D eigenvalue weighted by molar-refractivity contribution is 5.70. The summed E-state index contributed by atoms with van der Waals surface area (Å²) in [6, 6.07) is 17.2. The number of benzene rings is 3. The molecule has 0 saturated carbocycles. The standard InChI is InChI=1S/C27H24F3NO5/c28-27(29,30)22-8-9-24(36-23-7-3-4-17(12-23)13-25(32)33)21(14-22)15-31-26(34)35-16-18-10-19-5-1-2-6-20(19)11-18/h1-9,12,14,18H,10-11,13,15-16H2,(H,31,34)(H,32,33). The SMILES string of the molecule is O=C(O)Cc1cccc(Oc2ccc(C(F)(F)F)cc2CNC(=O)OCC2Cc3ccccc3C2)c1. The molecule has 0 aromatic heterocycles. The molecule has 3 aromatic rings. The van der Waals surface area contributed by atoms with E-state index >= 15 is 0 Å². The van der Waals surface area contributed by atoms with E-state index in [1.54, 1.807) is 18.2 Å². The Labute approximate surface area is 205 Å². The number of hydrogen-bond donors (Lipinski definition) is 2. The van der Waals surface area contributed by atoms with Crippen LogP contribution in [0.4, 0.5) is 18.0 Å². The Morgan fingerprint density at radius 3 is 2.36 bits per heavy atom. The third kappa shape index (κ3) is 6.56. The lowest BCUT2D eigenvalue weighted by molar-refractivity contribution is -0.138. The van der Waals surface area contributed by atoms with Crippen LogP contribution < -0.4 is 10.1 Å². The number of ether oxygens (including phenoxy) is 2. The number of nitrogens with one attached hydrogen (secondary N) is 1. The van der Waals surface area contributed by atoms with Crippen molar-refractivity contribution < 1.29 is 37.3 Å². The van der Waals surface area contributed by atoms with E-state index in [-0.39, 0.29) is 42.6 Å². The summed E-state index contributed by atoms with van der Waals surface area (Å²) in [4.78, 5) is 23.3. The van der Waals surface area contributed by atoms with E-state index in [0.717, 1.165) is 25.0 Å². The number of carboxylic acid groups (broad SMARTS) is 1. The van der Waals surface area contributed by atoms with Crippen molar-refractivity contribution in [2.75, 3.05) is 6.61 Å². The van der Waals surface area contributed by atoms with Gasteiger partial charge in [-0.25, -0.2) is 4.79 Å². The summed E-state index contributed by atoms with van der Waals surface area (Å²) in [6.07, 6.45) is -3.94. The molecule has 0 aliphatic heterocycles. The first-order valence-electron chi connectivity index (χ1n) is 11.3. The smallest absolute Gasteiger partial charge is 0.416 e. The monoisotopic (exact) mass is 499 g/mol. The van der Waals surface area contributed by atoms with Crippen LogP contribution >= 0.6 is 0 Å². The number of carboxylic acids is 1. The zero-order chi connectivity index (χ0) is 25.7. The molecule has 1 aliphatic carbocycles. The number of halogens is 3. The maximum absolute atomic E-state index is 13.3. The number of hydrogen-bond acceptors (Lipinski definition) is 4. The van der Waals surface area contributed by atoms with Crippen molar-refractivity contribution in [3.05, 3.63) is 94.5 Å². The van der Waals surface area contributed by atoms with Crippen LogP contribution in [0.3, 0.4) is 0 Å². The van der Waals surface area contributed by atoms with E-state index in [1.165, 1.54) is 23.3 Å². The molecule has 0 saturated heterocycles. The van der Waals surface area contributed by atoms with Crippen molar-refractivity contribution >= 4 is 12.1 Å². The third-order valence-corrected chi connectivity index (χ3v) is 5.88. The molecule has 188 valence electrons. The first kappa shape index (κ1) is 25.1. The van der Waals surface area contributed by atoms with Crippen molar-refractivity contribution in [3.8, 4) is 11.5 Å². The van der Waals surface area contributed by atoms with Crippen molar-refractivity contribution in [1.29, 1.82) is 0 Å². The minimum atomic E-state index is -4.58. The molecule has 0 heterocycles. The fourth-order valence-corrected chi connectivity index (χ4v) is 4.19. The van der Waals surface area contributed by atoms with Gasteiger partial charge >= 0.3 is 18.2 Å². The van der Waals surface area contributed by atoms with Crippen LogP contribution in [-0.2, 0) is 41.5 Å². The van der Waals surface area contributed by atoms with Gasteiger partial charge in [-0.05, 0) is 59.9 Å². The van der Waals surface area contributed by atoms with Gasteiger partial charge in [0.05, 0.1) is 18.6 Å². The quantitative estimate of drug-likeness (QED) is 0.411. The van der Waals surface area contributed by atoms with Gasteiger partial charge in [0, 0.05) is 18.0 Å². The largest absolute Gasteiger partial charge is 0.481 e. The molecule has 4 rings (SSSR count). The molecule has 6 nitrogen and oxygen atoms in total. The highest BCUT2D eigenvalue weighted by Crippen LogP contribution is 2.34. The molecule has 0 radical (unpaired) electrons. The maximum atomic E-state index is 13.3. The number of carbonyl (C=O) groups excluding carboxylic acids is 1. The number of amides is 1. The van der Waals surface area contributed by atoms with E-state index in [0.29, 0.717) is 5.56 Å². The molecule has 1 amide bonds. The molecule has 3 aromatic carbocycles. The molecule has 1 aliphatic rings. The molecule has 0 spiro atoms. The van der Waals surface area contributed by atoms with Crippen molar-refractivity contribution in [1.82, 2.24) is 5.32 Å². The number of alkyl halides is 3. The summed E-state index contributed by atoms with van der Waals surface area (Å²) in [5, 5.41) is 11.5. The van der Waals surface area contributed by atoms with Gasteiger partial charge in [0.15, 0.2) is 0 Å².